The minimum absolute atomic E-state index is 0.0335. The summed E-state index contributed by atoms with van der Waals surface area (Å²) in [5.74, 6) is -1.59. The Kier molecular flexibility index (Phi) is 5.37. The lowest BCUT2D eigenvalue weighted by molar-refractivity contribution is -0.142. The molecule has 7 heteroatoms. The number of carboxylic acids is 1. The van der Waals surface area contributed by atoms with E-state index in [-0.39, 0.29) is 18.4 Å². The van der Waals surface area contributed by atoms with Crippen molar-refractivity contribution >= 4 is 29.1 Å². The number of hydrogen-bond donors (Lipinski definition) is 2. The Morgan fingerprint density at radius 2 is 2.04 bits per heavy atom. The molecule has 2 aromatic rings. The average Bonchev–Trinajstić information content (AvgIpc) is 3.13. The van der Waals surface area contributed by atoms with Crippen molar-refractivity contribution in [2.45, 2.75) is 31.8 Å². The summed E-state index contributed by atoms with van der Waals surface area (Å²) < 4.78 is 0. The molecule has 2 heterocycles. The molecule has 2 N–H and O–H groups in total. The Balaban J connectivity index is 1.80. The number of nitrogens with zero attached hydrogens (tertiary/aromatic N) is 1. The number of hydrogen-bond acceptors (Lipinski definition) is 4. The summed E-state index contributed by atoms with van der Waals surface area (Å²) in [4.78, 5) is 38.4. The fraction of sp³-hybridized carbons (Fsp3) is 0.316. The van der Waals surface area contributed by atoms with Crippen LogP contribution in [0.5, 0.6) is 0 Å². The molecule has 0 saturated carbocycles. The van der Waals surface area contributed by atoms with Crippen LogP contribution in [0.15, 0.2) is 41.8 Å². The molecule has 0 saturated heterocycles. The molecule has 0 spiro atoms. The van der Waals surface area contributed by atoms with E-state index in [9.17, 15) is 19.5 Å². The molecule has 1 aliphatic rings. The van der Waals surface area contributed by atoms with Crippen LogP contribution in [-0.2, 0) is 20.8 Å². The standard InChI is InChI=1S/C19H20N2O4S/c1-12(22)21-9-8-13-5-2-3-6-14(13)15(21)11-17(23)20-18(19(24)25)16-7-4-10-26-16/h2-7,10,15,18H,8-9,11H2,1H3,(H,20,23)(H,24,25). The Bertz CT molecular complexity index is 819. The van der Waals surface area contributed by atoms with Crippen LogP contribution >= 0.6 is 11.3 Å². The van der Waals surface area contributed by atoms with E-state index in [1.165, 1.54) is 18.3 Å². The van der Waals surface area contributed by atoms with Gasteiger partial charge in [-0.3, -0.25) is 9.59 Å². The van der Waals surface area contributed by atoms with Gasteiger partial charge in [0.25, 0.3) is 0 Å². The molecule has 1 aliphatic heterocycles. The molecule has 0 radical (unpaired) electrons. The Morgan fingerprint density at radius 3 is 2.69 bits per heavy atom. The van der Waals surface area contributed by atoms with Crippen LogP contribution in [0.2, 0.25) is 0 Å². The lowest BCUT2D eigenvalue weighted by Crippen LogP contribution is -2.42. The van der Waals surface area contributed by atoms with Crippen molar-refractivity contribution in [1.29, 1.82) is 0 Å². The first-order chi connectivity index (χ1) is 12.5. The van der Waals surface area contributed by atoms with Gasteiger partial charge in [0.05, 0.1) is 12.5 Å². The van der Waals surface area contributed by atoms with Gasteiger partial charge in [0.1, 0.15) is 0 Å². The zero-order valence-electron chi connectivity index (χ0n) is 14.3. The molecular weight excluding hydrogens is 352 g/mol. The maximum atomic E-state index is 12.6. The summed E-state index contributed by atoms with van der Waals surface area (Å²) in [6.45, 7) is 2.04. The molecule has 2 amide bonds. The highest BCUT2D eigenvalue weighted by Gasteiger charge is 2.32. The topological polar surface area (TPSA) is 86.7 Å². The minimum Gasteiger partial charge on any atom is -0.479 e. The highest BCUT2D eigenvalue weighted by Crippen LogP contribution is 2.32. The predicted octanol–water partition coefficient (Wildman–Crippen LogP) is 2.53. The molecule has 136 valence electrons. The van der Waals surface area contributed by atoms with Crippen LogP contribution in [0.25, 0.3) is 0 Å². The summed E-state index contributed by atoms with van der Waals surface area (Å²) in [5.41, 5.74) is 2.07. The number of amides is 2. The van der Waals surface area contributed by atoms with E-state index in [1.807, 2.05) is 24.3 Å². The van der Waals surface area contributed by atoms with Crippen LogP contribution in [0.4, 0.5) is 0 Å². The van der Waals surface area contributed by atoms with Crippen LogP contribution in [-0.4, -0.2) is 34.3 Å². The minimum atomic E-state index is -1.10. The van der Waals surface area contributed by atoms with Gasteiger partial charge in [-0.05, 0) is 29.0 Å². The largest absolute Gasteiger partial charge is 0.479 e. The first-order valence-corrected chi connectivity index (χ1v) is 9.26. The van der Waals surface area contributed by atoms with Crippen molar-refractivity contribution in [1.82, 2.24) is 10.2 Å². The summed E-state index contributed by atoms with van der Waals surface area (Å²) in [7, 11) is 0. The van der Waals surface area contributed by atoms with Gasteiger partial charge >= 0.3 is 5.97 Å². The number of carbonyl (C=O) groups excluding carboxylic acids is 2. The molecule has 6 nitrogen and oxygen atoms in total. The van der Waals surface area contributed by atoms with Crippen molar-refractivity contribution in [3.05, 3.63) is 57.8 Å². The van der Waals surface area contributed by atoms with E-state index in [0.717, 1.165) is 17.5 Å². The number of aliphatic carboxylic acids is 1. The van der Waals surface area contributed by atoms with Crippen molar-refractivity contribution in [3.8, 4) is 0 Å². The monoisotopic (exact) mass is 372 g/mol. The second-order valence-electron chi connectivity index (χ2n) is 6.24. The van der Waals surface area contributed by atoms with Crippen molar-refractivity contribution in [3.63, 3.8) is 0 Å². The van der Waals surface area contributed by atoms with Gasteiger partial charge in [0.2, 0.25) is 11.8 Å². The zero-order valence-corrected chi connectivity index (χ0v) is 15.2. The molecule has 0 fully saturated rings. The van der Waals surface area contributed by atoms with E-state index in [1.54, 1.807) is 22.4 Å². The molecule has 2 atom stereocenters. The van der Waals surface area contributed by atoms with E-state index in [4.69, 9.17) is 0 Å². The van der Waals surface area contributed by atoms with Gasteiger partial charge in [-0.2, -0.15) is 0 Å². The quantitative estimate of drug-likeness (QED) is 0.844. The van der Waals surface area contributed by atoms with Gasteiger partial charge < -0.3 is 15.3 Å². The fourth-order valence-corrected chi connectivity index (χ4v) is 4.12. The van der Waals surface area contributed by atoms with E-state index < -0.39 is 17.9 Å². The predicted molar refractivity (Wildman–Crippen MR) is 97.7 cm³/mol. The molecule has 1 aromatic carbocycles. The van der Waals surface area contributed by atoms with Crippen molar-refractivity contribution < 1.29 is 19.5 Å². The Labute approximate surface area is 155 Å². The van der Waals surface area contributed by atoms with Gasteiger partial charge in [0.15, 0.2) is 6.04 Å². The maximum Gasteiger partial charge on any atom is 0.331 e. The van der Waals surface area contributed by atoms with Gasteiger partial charge in [-0.15, -0.1) is 11.3 Å². The summed E-state index contributed by atoms with van der Waals surface area (Å²) in [5, 5.41) is 13.8. The van der Waals surface area contributed by atoms with E-state index in [2.05, 4.69) is 5.32 Å². The van der Waals surface area contributed by atoms with Crippen LogP contribution in [0.1, 0.15) is 41.4 Å². The maximum absolute atomic E-state index is 12.6. The smallest absolute Gasteiger partial charge is 0.331 e. The number of rotatable bonds is 5. The Morgan fingerprint density at radius 1 is 1.27 bits per heavy atom. The third-order valence-corrected chi connectivity index (χ3v) is 5.51. The van der Waals surface area contributed by atoms with E-state index >= 15 is 0 Å². The number of benzene rings is 1. The summed E-state index contributed by atoms with van der Waals surface area (Å²) >= 11 is 1.28. The number of carbonyl (C=O) groups is 3. The zero-order chi connectivity index (χ0) is 18.7. The third kappa shape index (κ3) is 3.77. The molecule has 3 rings (SSSR count). The molecule has 26 heavy (non-hydrogen) atoms. The van der Waals surface area contributed by atoms with Crippen molar-refractivity contribution in [2.75, 3.05) is 6.54 Å². The highest BCUT2D eigenvalue weighted by molar-refractivity contribution is 7.10. The molecular formula is C19H20N2O4S. The number of thiophene rings is 1. The van der Waals surface area contributed by atoms with E-state index in [0.29, 0.717) is 11.4 Å². The molecule has 0 bridgehead atoms. The third-order valence-electron chi connectivity index (χ3n) is 4.58. The summed E-state index contributed by atoms with van der Waals surface area (Å²) in [6, 6.07) is 9.73. The van der Waals surface area contributed by atoms with Gasteiger partial charge in [-0.1, -0.05) is 30.3 Å². The normalized spacial score (nSPS) is 17.3. The second kappa shape index (κ2) is 7.70. The van der Waals surface area contributed by atoms with Gasteiger partial charge in [-0.25, -0.2) is 4.79 Å². The first-order valence-electron chi connectivity index (χ1n) is 8.38. The van der Waals surface area contributed by atoms with Crippen LogP contribution in [0, 0.1) is 0 Å². The Hall–Kier alpha value is -2.67. The summed E-state index contributed by atoms with van der Waals surface area (Å²) in [6.07, 6.45) is 0.784. The first kappa shape index (κ1) is 18.1. The number of nitrogens with one attached hydrogen (secondary N) is 1. The molecule has 2 unspecified atom stereocenters. The number of fused-ring (bicyclic) bond motifs is 1. The molecule has 0 aliphatic carbocycles. The molecule has 1 aromatic heterocycles. The van der Waals surface area contributed by atoms with Crippen LogP contribution < -0.4 is 5.32 Å². The lowest BCUT2D eigenvalue weighted by atomic mass is 9.90. The second-order valence-corrected chi connectivity index (χ2v) is 7.21. The van der Waals surface area contributed by atoms with Crippen LogP contribution in [0.3, 0.4) is 0 Å². The van der Waals surface area contributed by atoms with Gasteiger partial charge in [0, 0.05) is 18.3 Å². The SMILES string of the molecule is CC(=O)N1CCc2ccccc2C1CC(=O)NC(C(=O)O)c1cccs1. The highest BCUT2D eigenvalue weighted by atomic mass is 32.1. The fourth-order valence-electron chi connectivity index (χ4n) is 3.35. The lowest BCUT2D eigenvalue weighted by Gasteiger charge is -2.36. The average molecular weight is 372 g/mol. The number of carboxylic acid groups (broad SMARTS) is 1. The van der Waals surface area contributed by atoms with Crippen molar-refractivity contribution in [2.24, 2.45) is 0 Å².